The van der Waals surface area contributed by atoms with Crippen molar-refractivity contribution in [3.8, 4) is 0 Å². The quantitative estimate of drug-likeness (QED) is 0.624. The second-order valence-corrected chi connectivity index (χ2v) is 9.53. The number of aromatic nitrogens is 1. The molecule has 2 aromatic carbocycles. The van der Waals surface area contributed by atoms with Gasteiger partial charge in [0.05, 0.1) is 10.2 Å². The number of benzene rings is 2. The lowest BCUT2D eigenvalue weighted by Crippen LogP contribution is -2.47. The molecule has 0 aliphatic carbocycles. The van der Waals surface area contributed by atoms with Gasteiger partial charge in [0, 0.05) is 5.56 Å². The van der Waals surface area contributed by atoms with Crippen LogP contribution in [0.4, 0.5) is 5.13 Å². The average molecular weight is 410 g/mol. The Morgan fingerprint density at radius 3 is 2.24 bits per heavy atom. The first kappa shape index (κ1) is 21.0. The molecule has 5 nitrogen and oxygen atoms in total. The molecule has 0 fully saturated rings. The highest BCUT2D eigenvalue weighted by Crippen LogP contribution is 2.26. The Labute approximate surface area is 175 Å². The van der Waals surface area contributed by atoms with Crippen LogP contribution < -0.4 is 10.6 Å². The molecule has 29 heavy (non-hydrogen) atoms. The maximum Gasteiger partial charge on any atom is 0.251 e. The Hall–Kier alpha value is -2.73. The van der Waals surface area contributed by atoms with E-state index in [1.54, 1.807) is 12.1 Å². The molecule has 0 bridgehead atoms. The predicted molar refractivity (Wildman–Crippen MR) is 119 cm³/mol. The van der Waals surface area contributed by atoms with Gasteiger partial charge in [-0.1, -0.05) is 70.2 Å². The Kier molecular flexibility index (Phi) is 6.03. The number of para-hydroxylation sites is 1. The van der Waals surface area contributed by atoms with Gasteiger partial charge in [-0.05, 0) is 41.2 Å². The highest BCUT2D eigenvalue weighted by Gasteiger charge is 2.26. The molecule has 2 N–H and O–H groups in total. The van der Waals surface area contributed by atoms with Crippen LogP contribution in [0.15, 0.2) is 48.5 Å². The summed E-state index contributed by atoms with van der Waals surface area (Å²) < 4.78 is 1.01. The van der Waals surface area contributed by atoms with Crippen LogP contribution in [0.5, 0.6) is 0 Å². The molecular formula is C23H27N3O2S. The molecule has 1 atom stereocenters. The maximum absolute atomic E-state index is 12.8. The first-order chi connectivity index (χ1) is 13.6. The zero-order chi connectivity index (χ0) is 21.2. The van der Waals surface area contributed by atoms with Gasteiger partial charge in [-0.15, -0.1) is 0 Å². The number of fused-ring (bicyclic) bond motifs is 1. The maximum atomic E-state index is 12.8. The first-order valence-corrected chi connectivity index (χ1v) is 10.5. The summed E-state index contributed by atoms with van der Waals surface area (Å²) >= 11 is 1.42. The minimum atomic E-state index is -0.656. The van der Waals surface area contributed by atoms with E-state index in [4.69, 9.17) is 0 Å². The molecule has 0 saturated carbocycles. The molecule has 1 heterocycles. The van der Waals surface area contributed by atoms with Crippen LogP contribution in [0.25, 0.3) is 10.2 Å². The Balaban J connectivity index is 1.71. The molecule has 1 aromatic heterocycles. The van der Waals surface area contributed by atoms with Gasteiger partial charge in [0.15, 0.2) is 5.13 Å². The first-order valence-electron chi connectivity index (χ1n) is 9.73. The van der Waals surface area contributed by atoms with E-state index in [0.717, 1.165) is 15.8 Å². The van der Waals surface area contributed by atoms with Gasteiger partial charge < -0.3 is 10.6 Å². The number of amides is 2. The third-order valence-corrected chi connectivity index (χ3v) is 5.72. The van der Waals surface area contributed by atoms with E-state index in [2.05, 4.69) is 36.4 Å². The van der Waals surface area contributed by atoms with Gasteiger partial charge in [0.1, 0.15) is 6.04 Å². The molecule has 0 spiro atoms. The lowest BCUT2D eigenvalue weighted by molar-refractivity contribution is -0.118. The van der Waals surface area contributed by atoms with Crippen LogP contribution in [0.3, 0.4) is 0 Å². The summed E-state index contributed by atoms with van der Waals surface area (Å²) in [4.78, 5) is 30.0. The van der Waals surface area contributed by atoms with Gasteiger partial charge in [-0.3, -0.25) is 9.59 Å². The number of carbonyl (C=O) groups excluding carboxylic acids is 2. The van der Waals surface area contributed by atoms with Crippen molar-refractivity contribution in [1.82, 2.24) is 10.3 Å². The number of nitrogens with one attached hydrogen (secondary N) is 2. The molecule has 1 unspecified atom stereocenters. The molecule has 6 heteroatoms. The smallest absolute Gasteiger partial charge is 0.251 e. The average Bonchev–Trinajstić information content (AvgIpc) is 3.07. The fourth-order valence-electron chi connectivity index (χ4n) is 2.99. The summed E-state index contributed by atoms with van der Waals surface area (Å²) in [7, 11) is 0. The van der Waals surface area contributed by atoms with E-state index in [1.807, 2.05) is 50.2 Å². The fraction of sp³-hybridized carbons (Fsp3) is 0.348. The Morgan fingerprint density at radius 1 is 1.00 bits per heavy atom. The minimum absolute atomic E-state index is 0.0204. The van der Waals surface area contributed by atoms with E-state index < -0.39 is 6.04 Å². The highest BCUT2D eigenvalue weighted by atomic mass is 32.1. The van der Waals surface area contributed by atoms with E-state index in [9.17, 15) is 9.59 Å². The summed E-state index contributed by atoms with van der Waals surface area (Å²) in [5.74, 6) is -0.593. The summed E-state index contributed by atoms with van der Waals surface area (Å²) in [6, 6.07) is 14.6. The number of nitrogens with zero attached hydrogens (tertiary/aromatic N) is 1. The van der Waals surface area contributed by atoms with Crippen molar-refractivity contribution in [2.24, 2.45) is 5.92 Å². The van der Waals surface area contributed by atoms with E-state index in [-0.39, 0.29) is 23.1 Å². The van der Waals surface area contributed by atoms with E-state index in [0.29, 0.717) is 10.7 Å². The van der Waals surface area contributed by atoms with E-state index in [1.165, 1.54) is 11.3 Å². The number of anilines is 1. The molecular weight excluding hydrogens is 382 g/mol. The molecule has 2 amide bonds. The number of thiazole rings is 1. The third kappa shape index (κ3) is 5.01. The monoisotopic (exact) mass is 409 g/mol. The molecule has 0 radical (unpaired) electrons. The molecule has 0 aliphatic heterocycles. The van der Waals surface area contributed by atoms with Gasteiger partial charge in [-0.2, -0.15) is 0 Å². The number of carbonyl (C=O) groups is 2. The standard InChI is InChI=1S/C23H27N3O2S/c1-14(2)19(21(28)26-22-24-17-8-6-7-9-18(17)29-22)25-20(27)15-10-12-16(13-11-15)23(3,4)5/h6-14,19H,1-5H3,(H,25,27)(H,24,26,28). The molecule has 3 rings (SSSR count). The SMILES string of the molecule is CC(C)C(NC(=O)c1ccc(C(C)(C)C)cc1)C(=O)Nc1nc2ccccc2s1. The van der Waals surface area contributed by atoms with Crippen LogP contribution >= 0.6 is 11.3 Å². The van der Waals surface area contributed by atoms with Crippen LogP contribution in [-0.4, -0.2) is 22.8 Å². The number of rotatable bonds is 5. The summed E-state index contributed by atoms with van der Waals surface area (Å²) in [5.41, 5.74) is 2.56. The largest absolute Gasteiger partial charge is 0.340 e. The lowest BCUT2D eigenvalue weighted by Gasteiger charge is -2.22. The zero-order valence-corrected chi connectivity index (χ0v) is 18.3. The van der Waals surface area contributed by atoms with Crippen LogP contribution in [-0.2, 0) is 10.2 Å². The van der Waals surface area contributed by atoms with Crippen molar-refractivity contribution >= 4 is 38.5 Å². The molecule has 0 saturated heterocycles. The molecule has 0 aliphatic rings. The minimum Gasteiger partial charge on any atom is -0.340 e. The van der Waals surface area contributed by atoms with Crippen LogP contribution in [0.2, 0.25) is 0 Å². The van der Waals surface area contributed by atoms with E-state index >= 15 is 0 Å². The summed E-state index contributed by atoms with van der Waals surface area (Å²) in [6.45, 7) is 10.2. The Bertz CT molecular complexity index is 984. The fourth-order valence-corrected chi connectivity index (χ4v) is 3.86. The van der Waals surface area contributed by atoms with Crippen molar-refractivity contribution in [3.63, 3.8) is 0 Å². The van der Waals surface area contributed by atoms with Gasteiger partial charge in [0.2, 0.25) is 5.91 Å². The lowest BCUT2D eigenvalue weighted by atomic mass is 9.86. The number of hydrogen-bond donors (Lipinski definition) is 2. The number of hydrogen-bond acceptors (Lipinski definition) is 4. The summed E-state index contributed by atoms with van der Waals surface area (Å²) in [5, 5.41) is 6.26. The van der Waals surface area contributed by atoms with Gasteiger partial charge >= 0.3 is 0 Å². The van der Waals surface area contributed by atoms with Crippen molar-refractivity contribution in [2.45, 2.75) is 46.1 Å². The van der Waals surface area contributed by atoms with Crippen molar-refractivity contribution in [1.29, 1.82) is 0 Å². The topological polar surface area (TPSA) is 71.1 Å². The highest BCUT2D eigenvalue weighted by molar-refractivity contribution is 7.22. The molecule has 152 valence electrons. The zero-order valence-electron chi connectivity index (χ0n) is 17.4. The van der Waals surface area contributed by atoms with Gasteiger partial charge in [0.25, 0.3) is 5.91 Å². The van der Waals surface area contributed by atoms with Crippen molar-refractivity contribution in [3.05, 3.63) is 59.7 Å². The second kappa shape index (κ2) is 8.33. The summed E-state index contributed by atoms with van der Waals surface area (Å²) in [6.07, 6.45) is 0. The van der Waals surface area contributed by atoms with Crippen LogP contribution in [0, 0.1) is 5.92 Å². The molecule has 3 aromatic rings. The van der Waals surface area contributed by atoms with Crippen molar-refractivity contribution < 1.29 is 9.59 Å². The third-order valence-electron chi connectivity index (χ3n) is 4.77. The normalized spacial score (nSPS) is 12.8. The van der Waals surface area contributed by atoms with Gasteiger partial charge in [-0.25, -0.2) is 4.98 Å². The predicted octanol–water partition coefficient (Wildman–Crippen LogP) is 4.99. The van der Waals surface area contributed by atoms with Crippen molar-refractivity contribution in [2.75, 3.05) is 5.32 Å². The van der Waals surface area contributed by atoms with Crippen LogP contribution in [0.1, 0.15) is 50.5 Å². The second-order valence-electron chi connectivity index (χ2n) is 8.50. The Morgan fingerprint density at radius 2 is 1.66 bits per heavy atom.